The van der Waals surface area contributed by atoms with Crippen molar-refractivity contribution in [3.8, 4) is 0 Å². The van der Waals surface area contributed by atoms with E-state index in [2.05, 4.69) is 20.9 Å². The smallest absolute Gasteiger partial charge is 0.324 e. The highest BCUT2D eigenvalue weighted by atomic mass is 79.9. The van der Waals surface area contributed by atoms with Crippen LogP contribution in [-0.2, 0) is 5.88 Å². The van der Waals surface area contributed by atoms with Crippen molar-refractivity contribution in [3.63, 3.8) is 0 Å². The Morgan fingerprint density at radius 3 is 2.60 bits per heavy atom. The van der Waals surface area contributed by atoms with Crippen molar-refractivity contribution in [1.29, 1.82) is 0 Å². The van der Waals surface area contributed by atoms with E-state index in [1.807, 2.05) is 0 Å². The minimum atomic E-state index is -4.29. The topological polar surface area (TPSA) is 17.8 Å². The predicted octanol–water partition coefficient (Wildman–Crippen LogP) is 5.19. The average Bonchev–Trinajstić information content (AvgIpc) is 2.65. The first kappa shape index (κ1) is 15.6. The van der Waals surface area contributed by atoms with E-state index in [-0.39, 0.29) is 21.7 Å². The maximum Gasteiger partial charge on any atom is 0.391 e. The summed E-state index contributed by atoms with van der Waals surface area (Å²) in [4.78, 5) is 4.09. The molecule has 0 aliphatic heterocycles. The van der Waals surface area contributed by atoms with Gasteiger partial charge in [-0.25, -0.2) is 9.37 Å². The number of benzene rings is 1. The predicted molar refractivity (Wildman–Crippen MR) is 72.3 cm³/mol. The molecule has 0 spiro atoms. The van der Waals surface area contributed by atoms with Gasteiger partial charge in [-0.15, -0.1) is 11.6 Å². The molecule has 0 radical (unpaired) electrons. The van der Waals surface area contributed by atoms with Crippen LogP contribution in [0.15, 0.2) is 16.6 Å². The molecule has 20 heavy (non-hydrogen) atoms. The zero-order chi connectivity index (χ0) is 15.1. The molecular formula is C12H10BrClF4N2. The van der Waals surface area contributed by atoms with E-state index >= 15 is 0 Å². The molecule has 0 bridgehead atoms. The van der Waals surface area contributed by atoms with Crippen LogP contribution in [0.5, 0.6) is 0 Å². The van der Waals surface area contributed by atoms with Crippen molar-refractivity contribution in [2.45, 2.75) is 31.4 Å². The lowest BCUT2D eigenvalue weighted by Crippen LogP contribution is -2.18. The van der Waals surface area contributed by atoms with Crippen LogP contribution >= 0.6 is 27.5 Å². The van der Waals surface area contributed by atoms with Crippen LogP contribution in [0, 0.1) is 5.82 Å². The fraction of sp³-hybridized carbons (Fsp3) is 0.417. The number of fused-ring (bicyclic) bond motifs is 1. The third kappa shape index (κ3) is 3.09. The third-order valence-electron chi connectivity index (χ3n) is 2.89. The summed E-state index contributed by atoms with van der Waals surface area (Å²) in [7, 11) is 0. The minimum Gasteiger partial charge on any atom is -0.324 e. The summed E-state index contributed by atoms with van der Waals surface area (Å²) in [5, 5.41) is 0. The monoisotopic (exact) mass is 372 g/mol. The van der Waals surface area contributed by atoms with Crippen LogP contribution in [0.3, 0.4) is 0 Å². The molecule has 1 unspecified atom stereocenters. The van der Waals surface area contributed by atoms with Crippen LogP contribution in [0.2, 0.25) is 0 Å². The van der Waals surface area contributed by atoms with Gasteiger partial charge in [-0.2, -0.15) is 13.2 Å². The van der Waals surface area contributed by atoms with E-state index in [1.54, 1.807) is 0 Å². The normalized spacial score (nSPS) is 13.9. The highest BCUT2D eigenvalue weighted by Gasteiger charge is 2.32. The average molecular weight is 374 g/mol. The second-order valence-electron chi connectivity index (χ2n) is 4.46. The lowest BCUT2D eigenvalue weighted by Gasteiger charge is -2.18. The van der Waals surface area contributed by atoms with Gasteiger partial charge >= 0.3 is 6.18 Å². The lowest BCUT2D eigenvalue weighted by atomic mass is 10.2. The fourth-order valence-electron chi connectivity index (χ4n) is 2.15. The maximum atomic E-state index is 13.5. The lowest BCUT2D eigenvalue weighted by molar-refractivity contribution is -0.141. The van der Waals surface area contributed by atoms with Gasteiger partial charge in [0, 0.05) is 12.1 Å². The molecule has 2 nitrogen and oxygen atoms in total. The quantitative estimate of drug-likeness (QED) is 0.535. The van der Waals surface area contributed by atoms with E-state index in [9.17, 15) is 17.6 Å². The van der Waals surface area contributed by atoms with Gasteiger partial charge in [-0.05, 0) is 28.9 Å². The zero-order valence-electron chi connectivity index (χ0n) is 10.3. The molecule has 0 N–H and O–H groups in total. The number of imidazole rings is 1. The Bertz CT molecular complexity index is 638. The second-order valence-corrected chi connectivity index (χ2v) is 5.58. The summed E-state index contributed by atoms with van der Waals surface area (Å²) >= 11 is 8.75. The van der Waals surface area contributed by atoms with Gasteiger partial charge < -0.3 is 4.57 Å². The molecule has 2 aromatic rings. The molecule has 0 aliphatic carbocycles. The first-order valence-electron chi connectivity index (χ1n) is 5.71. The summed E-state index contributed by atoms with van der Waals surface area (Å²) in [6.45, 7) is 1.43. The van der Waals surface area contributed by atoms with Gasteiger partial charge in [-0.3, -0.25) is 0 Å². The second kappa shape index (κ2) is 5.52. The van der Waals surface area contributed by atoms with E-state index in [4.69, 9.17) is 11.6 Å². The van der Waals surface area contributed by atoms with E-state index in [0.717, 1.165) is 0 Å². The molecule has 8 heteroatoms. The number of halogens is 6. The first-order valence-corrected chi connectivity index (χ1v) is 7.04. The third-order valence-corrected chi connectivity index (χ3v) is 3.74. The van der Waals surface area contributed by atoms with Gasteiger partial charge in [0.15, 0.2) is 0 Å². The molecule has 2 rings (SSSR count). The summed E-state index contributed by atoms with van der Waals surface area (Å²) < 4.78 is 52.7. The number of nitrogens with zero attached hydrogens (tertiary/aromatic N) is 2. The Hall–Kier alpha value is -0.820. The van der Waals surface area contributed by atoms with Crippen LogP contribution in [0.4, 0.5) is 17.6 Å². The highest BCUT2D eigenvalue weighted by Crippen LogP contribution is 2.33. The number of hydrogen-bond acceptors (Lipinski definition) is 1. The zero-order valence-corrected chi connectivity index (χ0v) is 12.7. The summed E-state index contributed by atoms with van der Waals surface area (Å²) in [5.41, 5.74) is 0.709. The Balaban J connectivity index is 2.58. The molecule has 0 amide bonds. The molecule has 0 fully saturated rings. The Kier molecular flexibility index (Phi) is 4.30. The van der Waals surface area contributed by atoms with Crippen molar-refractivity contribution < 1.29 is 17.6 Å². The minimum absolute atomic E-state index is 0.0455. The largest absolute Gasteiger partial charge is 0.391 e. The Morgan fingerprint density at radius 2 is 2.05 bits per heavy atom. The molecule has 110 valence electrons. The Morgan fingerprint density at radius 1 is 1.40 bits per heavy atom. The van der Waals surface area contributed by atoms with Crippen LogP contribution < -0.4 is 0 Å². The molecular weight excluding hydrogens is 363 g/mol. The molecule has 0 saturated carbocycles. The number of aromatic nitrogens is 2. The molecule has 1 aromatic carbocycles. The molecule has 1 heterocycles. The highest BCUT2D eigenvalue weighted by molar-refractivity contribution is 9.10. The standard InChI is InChI=1S/C12H10BrClF4N2/c1-6(4-12(16,17)18)20-10-2-7(13)8(15)3-9(10)19-11(20)5-14/h2-3,6H,4-5H2,1H3. The number of rotatable bonds is 3. The van der Waals surface area contributed by atoms with E-state index in [0.29, 0.717) is 5.52 Å². The van der Waals surface area contributed by atoms with Gasteiger partial charge in [0.05, 0.1) is 27.8 Å². The van der Waals surface area contributed by atoms with Crippen molar-refractivity contribution >= 4 is 38.6 Å². The summed E-state index contributed by atoms with van der Waals surface area (Å²) in [6.07, 6.45) is -5.30. The van der Waals surface area contributed by atoms with Crippen molar-refractivity contribution in [3.05, 3.63) is 28.2 Å². The van der Waals surface area contributed by atoms with Gasteiger partial charge in [0.2, 0.25) is 0 Å². The van der Waals surface area contributed by atoms with Crippen LogP contribution in [-0.4, -0.2) is 15.7 Å². The first-order chi connectivity index (χ1) is 9.23. The molecule has 0 aliphatic rings. The molecule has 1 aromatic heterocycles. The summed E-state index contributed by atoms with van der Waals surface area (Å²) in [6, 6.07) is 1.72. The fourth-order valence-corrected chi connectivity index (χ4v) is 2.67. The molecule has 0 saturated heterocycles. The molecule has 1 atom stereocenters. The van der Waals surface area contributed by atoms with E-state index in [1.165, 1.54) is 23.6 Å². The van der Waals surface area contributed by atoms with Gasteiger partial charge in [0.25, 0.3) is 0 Å². The van der Waals surface area contributed by atoms with Crippen molar-refractivity contribution in [1.82, 2.24) is 9.55 Å². The van der Waals surface area contributed by atoms with Crippen LogP contribution in [0.25, 0.3) is 11.0 Å². The van der Waals surface area contributed by atoms with Crippen molar-refractivity contribution in [2.75, 3.05) is 0 Å². The van der Waals surface area contributed by atoms with E-state index < -0.39 is 24.5 Å². The van der Waals surface area contributed by atoms with Crippen LogP contribution in [0.1, 0.15) is 25.2 Å². The maximum absolute atomic E-state index is 13.5. The van der Waals surface area contributed by atoms with Gasteiger partial charge in [0.1, 0.15) is 11.6 Å². The summed E-state index contributed by atoms with van der Waals surface area (Å²) in [5.74, 6) is -0.279. The Labute approximate surface area is 125 Å². The van der Waals surface area contributed by atoms with Gasteiger partial charge in [-0.1, -0.05) is 0 Å². The SMILES string of the molecule is CC(CC(F)(F)F)n1c(CCl)nc2cc(F)c(Br)cc21. The number of alkyl halides is 4. The van der Waals surface area contributed by atoms with Crippen molar-refractivity contribution in [2.24, 2.45) is 0 Å². The number of hydrogen-bond donors (Lipinski definition) is 0.